The molecule has 3 nitrogen and oxygen atoms in total. The molecule has 0 aliphatic heterocycles. The highest BCUT2D eigenvalue weighted by Crippen LogP contribution is 2.27. The van der Waals surface area contributed by atoms with Crippen LogP contribution < -0.4 is 9.64 Å². The lowest BCUT2D eigenvalue weighted by Crippen LogP contribution is -2.19. The molecular weight excluding hydrogens is 281 g/mol. The van der Waals surface area contributed by atoms with Crippen molar-refractivity contribution in [3.05, 3.63) is 35.4 Å². The molecule has 0 fully saturated rings. The number of alkyl halides is 3. The molecule has 0 bridgehead atoms. The number of nitrogens with zero attached hydrogens (tertiary/aromatic N) is 2. The molecule has 0 spiro atoms. The lowest BCUT2D eigenvalue weighted by molar-refractivity contribution is -0.274. The predicted molar refractivity (Wildman–Crippen MR) is 65.7 cm³/mol. The number of halogens is 4. The van der Waals surface area contributed by atoms with Crippen molar-refractivity contribution in [2.45, 2.75) is 13.3 Å². The predicted octanol–water partition coefficient (Wildman–Crippen LogP) is 4.02. The highest BCUT2D eigenvalue weighted by atomic mass is 35.5. The second-order valence-electron chi connectivity index (χ2n) is 3.47. The van der Waals surface area contributed by atoms with Crippen LogP contribution in [0.1, 0.15) is 6.92 Å². The van der Waals surface area contributed by atoms with Gasteiger partial charge in [-0.1, -0.05) is 23.7 Å². The van der Waals surface area contributed by atoms with Gasteiger partial charge in [-0.2, -0.15) is 5.26 Å². The standard InChI is InChI=1S/C12H10ClF3N2O/c1-2-9(13)7-18(8-17)10-4-3-5-11(6-10)19-12(14,15)16/h2-6H,7H2,1H3. The fourth-order valence-corrected chi connectivity index (χ4v) is 1.39. The third-order valence-corrected chi connectivity index (χ3v) is 2.44. The molecular formula is C12H10ClF3N2O. The van der Waals surface area contributed by atoms with E-state index in [2.05, 4.69) is 4.74 Å². The normalized spacial score (nSPS) is 11.9. The van der Waals surface area contributed by atoms with E-state index in [1.165, 1.54) is 12.1 Å². The number of ether oxygens (including phenoxy) is 1. The second kappa shape index (κ2) is 6.34. The second-order valence-corrected chi connectivity index (χ2v) is 3.95. The Morgan fingerprint density at radius 2 is 2.21 bits per heavy atom. The van der Waals surface area contributed by atoms with Gasteiger partial charge in [-0.15, -0.1) is 13.2 Å². The first-order valence-corrected chi connectivity index (χ1v) is 5.57. The van der Waals surface area contributed by atoms with Gasteiger partial charge in [0.1, 0.15) is 5.75 Å². The van der Waals surface area contributed by atoms with Crippen molar-refractivity contribution >= 4 is 17.3 Å². The summed E-state index contributed by atoms with van der Waals surface area (Å²) in [4.78, 5) is 1.16. The van der Waals surface area contributed by atoms with Gasteiger partial charge in [0.05, 0.1) is 12.2 Å². The highest BCUT2D eigenvalue weighted by molar-refractivity contribution is 6.30. The smallest absolute Gasteiger partial charge is 0.406 e. The molecule has 0 amide bonds. The molecule has 0 saturated carbocycles. The number of hydrogen-bond acceptors (Lipinski definition) is 3. The first-order chi connectivity index (χ1) is 8.85. The van der Waals surface area contributed by atoms with Gasteiger partial charge in [0.2, 0.25) is 0 Å². The first kappa shape index (κ1) is 15.2. The molecule has 1 aromatic carbocycles. The van der Waals surface area contributed by atoms with E-state index in [1.807, 2.05) is 6.19 Å². The molecule has 19 heavy (non-hydrogen) atoms. The molecule has 102 valence electrons. The SMILES string of the molecule is CC=C(Cl)CN(C#N)c1cccc(OC(F)(F)F)c1. The van der Waals surface area contributed by atoms with Crippen molar-refractivity contribution in [3.63, 3.8) is 0 Å². The Morgan fingerprint density at radius 3 is 2.74 bits per heavy atom. The average molecular weight is 291 g/mol. The van der Waals surface area contributed by atoms with Crippen LogP contribution in [0.4, 0.5) is 18.9 Å². The molecule has 0 N–H and O–H groups in total. The molecule has 0 unspecified atom stereocenters. The summed E-state index contributed by atoms with van der Waals surface area (Å²) in [6.07, 6.45) is -1.32. The van der Waals surface area contributed by atoms with Crippen LogP contribution >= 0.6 is 11.6 Å². The van der Waals surface area contributed by atoms with Crippen LogP contribution in [0.15, 0.2) is 35.4 Å². The number of anilines is 1. The third-order valence-electron chi connectivity index (χ3n) is 2.11. The Kier molecular flexibility index (Phi) is 5.07. The van der Waals surface area contributed by atoms with E-state index in [1.54, 1.807) is 13.0 Å². The van der Waals surface area contributed by atoms with Crippen molar-refractivity contribution in [2.24, 2.45) is 0 Å². The summed E-state index contributed by atoms with van der Waals surface area (Å²) in [5, 5.41) is 9.38. The van der Waals surface area contributed by atoms with Gasteiger partial charge in [0, 0.05) is 11.1 Å². The van der Waals surface area contributed by atoms with Crippen LogP contribution in [0.3, 0.4) is 0 Å². The monoisotopic (exact) mass is 290 g/mol. The summed E-state index contributed by atoms with van der Waals surface area (Å²) >= 11 is 5.79. The Hall–Kier alpha value is -1.87. The minimum atomic E-state index is -4.77. The van der Waals surface area contributed by atoms with Crippen molar-refractivity contribution in [3.8, 4) is 11.9 Å². The largest absolute Gasteiger partial charge is 0.573 e. The van der Waals surface area contributed by atoms with E-state index < -0.39 is 6.36 Å². The minimum Gasteiger partial charge on any atom is -0.406 e. The Balaban J connectivity index is 2.94. The maximum Gasteiger partial charge on any atom is 0.573 e. The number of rotatable bonds is 4. The summed E-state index contributed by atoms with van der Waals surface area (Å²) in [5.74, 6) is -0.387. The number of hydrogen-bond donors (Lipinski definition) is 0. The molecule has 1 rings (SSSR count). The van der Waals surface area contributed by atoms with E-state index in [0.29, 0.717) is 5.03 Å². The number of nitriles is 1. The van der Waals surface area contributed by atoms with Crippen LogP contribution in [0.5, 0.6) is 5.75 Å². The lowest BCUT2D eigenvalue weighted by atomic mass is 10.2. The topological polar surface area (TPSA) is 36.3 Å². The molecule has 7 heteroatoms. The van der Waals surface area contributed by atoms with Crippen LogP contribution in [-0.2, 0) is 0 Å². The maximum atomic E-state index is 12.1. The van der Waals surface area contributed by atoms with Crippen LogP contribution in [0.2, 0.25) is 0 Å². The summed E-state index contributed by atoms with van der Waals surface area (Å²) in [6, 6.07) is 5.14. The van der Waals surface area contributed by atoms with E-state index in [4.69, 9.17) is 16.9 Å². The molecule has 0 heterocycles. The Morgan fingerprint density at radius 1 is 1.53 bits per heavy atom. The van der Waals surface area contributed by atoms with Crippen LogP contribution in [0, 0.1) is 11.5 Å². The lowest BCUT2D eigenvalue weighted by Gasteiger charge is -2.16. The van der Waals surface area contributed by atoms with Crippen molar-refractivity contribution in [1.82, 2.24) is 0 Å². The van der Waals surface area contributed by atoms with Crippen LogP contribution in [-0.4, -0.2) is 12.9 Å². The molecule has 0 aliphatic rings. The zero-order chi connectivity index (χ0) is 14.5. The fraction of sp³-hybridized carbons (Fsp3) is 0.250. The van der Waals surface area contributed by atoms with Gasteiger partial charge >= 0.3 is 6.36 Å². The molecule has 1 aromatic rings. The maximum absolute atomic E-state index is 12.1. The quantitative estimate of drug-likeness (QED) is 0.621. The fourth-order valence-electron chi connectivity index (χ4n) is 1.28. The van der Waals surface area contributed by atoms with Gasteiger partial charge in [-0.25, -0.2) is 0 Å². The summed E-state index contributed by atoms with van der Waals surface area (Å²) in [5.41, 5.74) is 0.268. The molecule has 0 aliphatic carbocycles. The van der Waals surface area contributed by atoms with E-state index in [0.717, 1.165) is 17.0 Å². The van der Waals surface area contributed by atoms with Gasteiger partial charge in [-0.3, -0.25) is 4.90 Å². The average Bonchev–Trinajstić information content (AvgIpc) is 2.33. The zero-order valence-electron chi connectivity index (χ0n) is 9.91. The van der Waals surface area contributed by atoms with Crippen molar-refractivity contribution in [2.75, 3.05) is 11.4 Å². The van der Waals surface area contributed by atoms with Crippen molar-refractivity contribution < 1.29 is 17.9 Å². The summed E-state index contributed by atoms with van der Waals surface area (Å²) in [7, 11) is 0. The first-order valence-electron chi connectivity index (χ1n) is 5.19. The Bertz CT molecular complexity index is 508. The van der Waals surface area contributed by atoms with E-state index in [9.17, 15) is 13.2 Å². The van der Waals surface area contributed by atoms with Gasteiger partial charge in [0.15, 0.2) is 6.19 Å². The summed E-state index contributed by atoms with van der Waals surface area (Å²) < 4.78 is 40.1. The third kappa shape index (κ3) is 5.10. The van der Waals surface area contributed by atoms with E-state index in [-0.39, 0.29) is 18.0 Å². The molecule has 0 radical (unpaired) electrons. The number of allylic oxidation sites excluding steroid dienone is 1. The zero-order valence-corrected chi connectivity index (χ0v) is 10.7. The van der Waals surface area contributed by atoms with Crippen molar-refractivity contribution in [1.29, 1.82) is 5.26 Å². The van der Waals surface area contributed by atoms with E-state index >= 15 is 0 Å². The van der Waals surface area contributed by atoms with Gasteiger partial charge < -0.3 is 4.74 Å². The van der Waals surface area contributed by atoms with Gasteiger partial charge in [-0.05, 0) is 19.1 Å². The number of benzene rings is 1. The molecule has 0 aromatic heterocycles. The minimum absolute atomic E-state index is 0.0873. The summed E-state index contributed by atoms with van der Waals surface area (Å²) in [6.45, 7) is 1.78. The van der Waals surface area contributed by atoms with Crippen LogP contribution in [0.25, 0.3) is 0 Å². The highest BCUT2D eigenvalue weighted by Gasteiger charge is 2.31. The van der Waals surface area contributed by atoms with Gasteiger partial charge in [0.25, 0.3) is 0 Å². The Labute approximate surface area is 113 Å². The molecule has 0 atom stereocenters. The molecule has 0 saturated heterocycles.